The summed E-state index contributed by atoms with van der Waals surface area (Å²) in [6.45, 7) is 43.7. The number of imidazole rings is 3. The minimum absolute atomic E-state index is 0.106. The molecular weight excluding hydrogens is 1800 g/mol. The van der Waals surface area contributed by atoms with Gasteiger partial charge in [-0.25, -0.2) is 32.8 Å². The van der Waals surface area contributed by atoms with E-state index in [9.17, 15) is 5.11 Å². The van der Waals surface area contributed by atoms with Crippen LogP contribution in [0.4, 0.5) is 17.3 Å². The first kappa shape index (κ1) is 97.7. The number of halogens is 5. The molecule has 5 fully saturated rings. The summed E-state index contributed by atoms with van der Waals surface area (Å²) in [5.41, 5.74) is 28.6. The Hall–Kier alpha value is -9.53. The Balaban J connectivity index is 0.000000156. The van der Waals surface area contributed by atoms with E-state index in [1.54, 1.807) is 49.1 Å². The van der Waals surface area contributed by atoms with Crippen LogP contribution in [0.3, 0.4) is 0 Å². The summed E-state index contributed by atoms with van der Waals surface area (Å²) in [6.07, 6.45) is 20.1. The zero-order valence-electron chi connectivity index (χ0n) is 75.3. The van der Waals surface area contributed by atoms with Crippen LogP contribution in [0.2, 0.25) is 52.0 Å². The quantitative estimate of drug-likeness (QED) is 0.0194. The van der Waals surface area contributed by atoms with Crippen LogP contribution in [0.1, 0.15) is 218 Å². The van der Waals surface area contributed by atoms with Crippen LogP contribution in [-0.4, -0.2) is 81.5 Å². The van der Waals surface area contributed by atoms with Gasteiger partial charge in [0.25, 0.3) is 22.5 Å². The monoisotopic (exact) mass is 1910 g/mol. The van der Waals surface area contributed by atoms with Gasteiger partial charge in [0.05, 0.1) is 42.2 Å². The molecule has 0 atom stereocenters. The third-order valence-corrected chi connectivity index (χ3v) is 32.3. The van der Waals surface area contributed by atoms with E-state index in [1.165, 1.54) is 115 Å². The molecular formula is C96H113BrCl4N16O5Si2Zn. The number of nitrogens with zero attached hydrogens (tertiary/aromatic N) is 11. The molecule has 0 unspecified atom stereocenters. The second kappa shape index (κ2) is 42.8. The van der Waals surface area contributed by atoms with Crippen LogP contribution in [0.5, 0.6) is 40.5 Å². The predicted octanol–water partition coefficient (Wildman–Crippen LogP) is 27.9. The molecule has 0 amide bonds. The van der Waals surface area contributed by atoms with Crippen molar-refractivity contribution in [1.82, 2.24) is 59.8 Å². The van der Waals surface area contributed by atoms with Crippen molar-refractivity contribution in [3.05, 3.63) is 244 Å². The number of nitrogens with one attached hydrogen (secondary N) is 4. The summed E-state index contributed by atoms with van der Waals surface area (Å²) < 4.78 is 26.4. The van der Waals surface area contributed by atoms with Crippen molar-refractivity contribution in [2.45, 2.75) is 235 Å². The van der Waals surface area contributed by atoms with Crippen molar-refractivity contribution < 1.29 is 40.7 Å². The molecule has 0 saturated heterocycles. The Labute approximate surface area is 775 Å². The molecule has 0 radical (unpaired) electrons. The SMILES string of the molecule is Cc1cc(Br)cc(C)c1O[Si](C)(C)C(C)(C)C.Cc1cc(C2CC2)cc(C)c1O.Cc1cc(C2CC2)cc(C)c1O[Si](C)(C)C(C)(C)C.Cc1cc(C2CC2)cc(C)c1Oc1nc(Cl)nc2nc[nH]c12.Cc1cc(C2CC2)cc(C)c1Oc1nc(Nc2ccc(C#N)cc2)nc2nc[nH]c12.Clc1nc(Cl)c2[nH]cnc2n1.N#Cc1ccc(N)cc1.[CH-]1CC1.[Cl][Zn+]. The van der Waals surface area contributed by atoms with Gasteiger partial charge in [0, 0.05) is 15.8 Å². The van der Waals surface area contributed by atoms with Crippen molar-refractivity contribution in [2.24, 2.45) is 0 Å². The number of hydrogen-bond donors (Lipinski definition) is 6. The van der Waals surface area contributed by atoms with Gasteiger partial charge < -0.3 is 55.9 Å². The number of anilines is 3. The Morgan fingerprint density at radius 2 is 0.776 bits per heavy atom. The molecule has 0 bridgehead atoms. The molecule has 6 aromatic heterocycles. The first-order valence-corrected chi connectivity index (χ1v) is 53.7. The number of aromatic amines is 3. The first-order chi connectivity index (χ1) is 59.2. The molecule has 0 aliphatic heterocycles. The van der Waals surface area contributed by atoms with Gasteiger partial charge in [-0.15, -0.1) is 0 Å². The average Bonchev–Trinajstić information content (AvgIpc) is 1.70. The third kappa shape index (κ3) is 27.5. The summed E-state index contributed by atoms with van der Waals surface area (Å²) in [4.78, 5) is 45.9. The number of benzene rings is 7. The molecule has 5 aliphatic rings. The number of nitrogen functional groups attached to an aromatic ring is 1. The van der Waals surface area contributed by atoms with E-state index in [2.05, 4.69) is 277 Å². The fourth-order valence-electron chi connectivity index (χ4n) is 13.0. The molecule has 21 nitrogen and oxygen atoms in total. The zero-order valence-corrected chi connectivity index (χ0v) is 84.8. The van der Waals surface area contributed by atoms with Crippen molar-refractivity contribution in [3.8, 4) is 52.6 Å². The molecule has 13 aromatic rings. The second-order valence-electron chi connectivity index (χ2n) is 35.5. The van der Waals surface area contributed by atoms with E-state index in [0.717, 1.165) is 102 Å². The number of aryl methyl sites for hydroxylation is 10. The summed E-state index contributed by atoms with van der Waals surface area (Å²) in [6, 6.07) is 40.0. The van der Waals surface area contributed by atoms with Gasteiger partial charge in [0.15, 0.2) is 22.1 Å². The number of fused-ring (bicyclic) bond motifs is 3. The molecule has 125 heavy (non-hydrogen) atoms. The molecule has 7 aromatic carbocycles. The number of aromatic nitrogens is 12. The van der Waals surface area contributed by atoms with Crippen molar-refractivity contribution in [2.75, 3.05) is 11.1 Å². The molecule has 18 rings (SSSR count). The van der Waals surface area contributed by atoms with E-state index < -0.39 is 16.6 Å². The number of phenolic OH excluding ortho intramolecular Hbond substituents is 1. The van der Waals surface area contributed by atoms with E-state index in [-0.39, 0.29) is 25.8 Å². The third-order valence-electron chi connectivity index (χ3n) is 22.6. The van der Waals surface area contributed by atoms with E-state index in [0.29, 0.717) is 79.7 Å². The molecule has 0 spiro atoms. The number of nitriles is 2. The van der Waals surface area contributed by atoms with Crippen LogP contribution in [0.15, 0.2) is 133 Å². The standard InChI is InChI=1S/C23H20N6O.C17H28OSi.C16H15ClN4O.C14H23BrOSi.C11H14O.C7H6N2.C5H2Cl2N4.C3H5.ClH.Zn/c1-13-9-17(16-5-6-16)10-14(2)20(13)30-22-19-21(26-12-25-19)28-23(29-22)27-18-7-3-15(11-24)4-8-18;1-12-10-15(14-8-9-14)11-13(2)16(12)18-19(6,7)17(3,4)5;1-8-5-11(10-3-4-10)6-9(2)13(8)22-15-12-14(19-7-18-12)20-16(17)21-15;1-10-8-12(15)9-11(2)13(10)16-17(6,7)14(3,4)5;1-7-5-10(9-3-4-9)6-8(2)11(7)12;8-5-6-1-3-7(9)4-2-6;6-3-2-4(9-1-8-2)11-5(7)10-3;1-2-3-1;;/h3-4,7-10,12,16H,5-6H2,1-2H3,(H2,25,26,27,28,29);10-11,14H,8-9H2,1-7H3;5-7,10H,3-4H2,1-2H3,(H,18,19,20,21);8-9H,1-7H3;5-6,9,12H,3-4H2,1-2H3;1-4H,9H2;1H,(H,8,9,10,11);1H,2-3H2;1H;/q;;;;;;;-1;;+2/p-1. The minimum atomic E-state index is -1.74. The van der Waals surface area contributed by atoms with Gasteiger partial charge in [-0.2, -0.15) is 35.4 Å². The Morgan fingerprint density at radius 3 is 1.13 bits per heavy atom. The van der Waals surface area contributed by atoms with Gasteiger partial charge in [-0.1, -0.05) is 118 Å². The van der Waals surface area contributed by atoms with E-state index >= 15 is 0 Å². The van der Waals surface area contributed by atoms with Crippen LogP contribution in [0, 0.1) is 98.3 Å². The van der Waals surface area contributed by atoms with Crippen LogP contribution in [0.25, 0.3) is 33.5 Å². The van der Waals surface area contributed by atoms with E-state index in [4.69, 9.17) is 79.1 Å². The van der Waals surface area contributed by atoms with Gasteiger partial charge in [0.1, 0.15) is 45.3 Å². The van der Waals surface area contributed by atoms with Crippen molar-refractivity contribution >= 4 is 128 Å². The predicted molar refractivity (Wildman–Crippen MR) is 512 cm³/mol. The molecule has 7 N–H and O–H groups in total. The van der Waals surface area contributed by atoms with Crippen LogP contribution >= 0.6 is 60.4 Å². The molecule has 652 valence electrons. The van der Waals surface area contributed by atoms with Crippen LogP contribution < -0.4 is 29.4 Å². The molecule has 5 aliphatic carbocycles. The number of H-pyrrole nitrogens is 3. The van der Waals surface area contributed by atoms with Crippen LogP contribution in [-0.2, 0) is 17.3 Å². The van der Waals surface area contributed by atoms with Gasteiger partial charge in [-0.3, -0.25) is 0 Å². The Bertz CT molecular complexity index is 5890. The average molecular weight is 1910 g/mol. The summed E-state index contributed by atoms with van der Waals surface area (Å²) in [7, 11) is 1.29. The number of aromatic hydroxyl groups is 1. The summed E-state index contributed by atoms with van der Waals surface area (Å²) >= 11 is 21.5. The van der Waals surface area contributed by atoms with Gasteiger partial charge in [0.2, 0.25) is 22.4 Å². The zero-order chi connectivity index (χ0) is 91.2. The van der Waals surface area contributed by atoms with Gasteiger partial charge in [-0.05, 0) is 342 Å². The fraction of sp³-hybridized carbons (Fsp3) is 0.375. The molecule has 6 heterocycles. The number of rotatable bonds is 14. The summed E-state index contributed by atoms with van der Waals surface area (Å²) in [5, 5.41) is 31.0. The van der Waals surface area contributed by atoms with Crippen molar-refractivity contribution in [1.29, 1.82) is 10.5 Å². The molecule has 29 heteroatoms. The summed E-state index contributed by atoms with van der Waals surface area (Å²) in [5.74, 6) is 8.49. The number of phenols is 1. The number of ether oxygens (including phenoxy) is 2. The van der Waals surface area contributed by atoms with Crippen molar-refractivity contribution in [3.63, 3.8) is 0 Å². The Morgan fingerprint density at radius 1 is 0.464 bits per heavy atom. The van der Waals surface area contributed by atoms with E-state index in [1.807, 2.05) is 32.0 Å². The number of hydrogen-bond acceptors (Lipinski definition) is 18. The second-order valence-corrected chi connectivity index (χ2v) is 46.9. The first-order valence-electron chi connectivity index (χ1n) is 42.0. The normalized spacial score (nSPS) is 13.7. The maximum atomic E-state index is 9.53. The van der Waals surface area contributed by atoms with Gasteiger partial charge >= 0.3 is 27.0 Å². The molecule has 5 saturated carbocycles. The Kier molecular flexibility index (Phi) is 33.5. The topological polar surface area (TPSA) is 306 Å². The maximum absolute atomic E-state index is 9.53. The fourth-order valence-corrected chi connectivity index (χ4v) is 16.5. The number of nitrogens with two attached hydrogens (primary N) is 1.